The van der Waals surface area contributed by atoms with Crippen LogP contribution in [0.1, 0.15) is 115 Å². The zero-order valence-electron chi connectivity index (χ0n) is 40.7. The van der Waals surface area contributed by atoms with Gasteiger partial charge in [0.1, 0.15) is 22.0 Å². The summed E-state index contributed by atoms with van der Waals surface area (Å²) in [5.41, 5.74) is 6.51. The second-order valence-electron chi connectivity index (χ2n) is 19.8. The maximum absolute atomic E-state index is 13.5. The average Bonchev–Trinajstić information content (AvgIpc) is 3.94. The van der Waals surface area contributed by atoms with Crippen LogP contribution in [0.5, 0.6) is 0 Å². The summed E-state index contributed by atoms with van der Waals surface area (Å²) in [5, 5.41) is 12.6. The Morgan fingerprint density at radius 3 is 1.96 bits per heavy atom. The number of carbonyl (C=O) groups is 2. The first-order valence-electron chi connectivity index (χ1n) is 24.9. The van der Waals surface area contributed by atoms with Crippen LogP contribution in [0.15, 0.2) is 114 Å². The van der Waals surface area contributed by atoms with Crippen molar-refractivity contribution in [2.45, 2.75) is 133 Å². The molecule has 2 saturated carbocycles. The van der Waals surface area contributed by atoms with E-state index in [0.717, 1.165) is 91.8 Å². The Balaban J connectivity index is 0.000000187. The summed E-state index contributed by atoms with van der Waals surface area (Å²) in [4.78, 5) is 37.3. The second-order valence-corrected chi connectivity index (χ2v) is 21.8. The molecule has 2 amide bonds. The molecule has 12 heteroatoms. The molecule has 2 aromatic heterocycles. The van der Waals surface area contributed by atoms with E-state index in [9.17, 15) is 9.59 Å². The Morgan fingerprint density at radius 2 is 1.33 bits per heavy atom. The summed E-state index contributed by atoms with van der Waals surface area (Å²) < 4.78 is 5.41. The highest BCUT2D eigenvalue weighted by Gasteiger charge is 2.42. The van der Waals surface area contributed by atoms with Crippen LogP contribution in [0.4, 0.5) is 0 Å². The maximum atomic E-state index is 13.5. The fourth-order valence-corrected chi connectivity index (χ4v) is 12.5. The number of hydrogen-bond acceptors (Lipinski definition) is 8. The number of nitrogens with zero attached hydrogens (tertiary/aromatic N) is 4. The summed E-state index contributed by atoms with van der Waals surface area (Å²) in [6, 6.07) is 37.4. The highest BCUT2D eigenvalue weighted by molar-refractivity contribution is 7.15. The molecule has 0 atom stereocenters. The van der Waals surface area contributed by atoms with E-state index in [4.69, 9.17) is 32.7 Å². The van der Waals surface area contributed by atoms with E-state index in [1.807, 2.05) is 18.2 Å². The van der Waals surface area contributed by atoms with Gasteiger partial charge in [-0.3, -0.25) is 14.5 Å². The van der Waals surface area contributed by atoms with Gasteiger partial charge in [0.15, 0.2) is 0 Å². The van der Waals surface area contributed by atoms with E-state index in [0.29, 0.717) is 39.0 Å². The maximum Gasteiger partial charge on any atom is 0.257 e. The molecule has 1 aliphatic heterocycles. The molecule has 364 valence electrons. The lowest BCUT2D eigenvalue weighted by Gasteiger charge is -2.50. The first kappa shape index (κ1) is 50.5. The molecule has 3 aliphatic rings. The van der Waals surface area contributed by atoms with Gasteiger partial charge in [-0.25, -0.2) is 4.98 Å². The van der Waals surface area contributed by atoms with Crippen LogP contribution in [0.25, 0.3) is 21.8 Å². The average molecular weight is 988 g/mol. The number of amides is 2. The van der Waals surface area contributed by atoms with Gasteiger partial charge in [0.25, 0.3) is 5.91 Å². The van der Waals surface area contributed by atoms with Gasteiger partial charge in [0, 0.05) is 39.2 Å². The van der Waals surface area contributed by atoms with E-state index in [-0.39, 0.29) is 35.0 Å². The van der Waals surface area contributed by atoms with Crippen molar-refractivity contribution in [1.29, 1.82) is 0 Å². The SMILES string of the molecule is Cc1onc(-c2c(Cl)cccc2Cl)c1C(=O)NC1CCC(Cc2ccccc2)(N2CCCCC2)CC1.Cc1sc(-c2ccccc2)nc1CC(=O)NC1CCC(CCc2ccccc2)(N(C)C)CC1. The van der Waals surface area contributed by atoms with E-state index in [1.54, 1.807) is 36.5 Å². The standard InChI is InChI=1S/C29H33Cl2N3O2.C28H35N3OS/c1-20-25(27(33-36-20)26-23(30)11-8-12-24(26)31)28(35)32-22-13-15-29(16-14-22,34-17-6-3-7-18-34)19-21-9-4-2-5-10-21;1-21-25(30-27(33-21)23-12-8-5-9-13-23)20-26(32)29-24-15-18-28(19-16-24,31(2)3)17-14-22-10-6-4-7-11-22/h2,4-5,8-12,22H,3,6-7,13-19H2,1H3,(H,32,35);4-13,24H,14-20H2,1-3H3,(H,29,32). The van der Waals surface area contributed by atoms with Gasteiger partial charge < -0.3 is 20.1 Å². The minimum atomic E-state index is -0.182. The molecule has 0 unspecified atom stereocenters. The fraction of sp³-hybridized carbons (Fsp3) is 0.439. The molecule has 0 radical (unpaired) electrons. The molecule has 0 spiro atoms. The molecule has 69 heavy (non-hydrogen) atoms. The van der Waals surface area contributed by atoms with E-state index in [1.165, 1.54) is 43.5 Å². The van der Waals surface area contributed by atoms with Crippen LogP contribution in [0.3, 0.4) is 0 Å². The topological polar surface area (TPSA) is 104 Å². The number of aromatic nitrogens is 2. The number of rotatable bonds is 14. The van der Waals surface area contributed by atoms with Gasteiger partial charge in [-0.15, -0.1) is 11.3 Å². The number of piperidine rings is 1. The minimum Gasteiger partial charge on any atom is -0.360 e. The quantitative estimate of drug-likeness (QED) is 0.112. The van der Waals surface area contributed by atoms with Crippen molar-refractivity contribution in [3.05, 3.63) is 152 Å². The molecule has 4 aromatic carbocycles. The fourth-order valence-electron chi connectivity index (χ4n) is 11.0. The molecule has 1 saturated heterocycles. The number of halogens is 2. The molecule has 2 N–H and O–H groups in total. The van der Waals surface area contributed by atoms with Crippen molar-refractivity contribution < 1.29 is 14.1 Å². The van der Waals surface area contributed by atoms with Crippen molar-refractivity contribution >= 4 is 46.4 Å². The van der Waals surface area contributed by atoms with Gasteiger partial charge in [0.2, 0.25) is 5.91 Å². The summed E-state index contributed by atoms with van der Waals surface area (Å²) >= 11 is 14.5. The van der Waals surface area contributed by atoms with E-state index in [2.05, 4.69) is 119 Å². The first-order valence-corrected chi connectivity index (χ1v) is 26.5. The number of thiazole rings is 1. The highest BCUT2D eigenvalue weighted by Crippen LogP contribution is 2.41. The monoisotopic (exact) mass is 986 g/mol. The normalized spacial score (nSPS) is 21.8. The molecular formula is C57H68Cl2N6O3S. The molecule has 9 rings (SSSR count). The summed E-state index contributed by atoms with van der Waals surface area (Å²) in [5.74, 6) is 0.369. The number of hydrogen-bond donors (Lipinski definition) is 2. The summed E-state index contributed by atoms with van der Waals surface area (Å²) in [6.45, 7) is 6.15. The van der Waals surface area contributed by atoms with E-state index < -0.39 is 0 Å². The zero-order valence-corrected chi connectivity index (χ0v) is 43.1. The van der Waals surface area contributed by atoms with Crippen molar-refractivity contribution in [2.24, 2.45) is 0 Å². The number of nitrogens with one attached hydrogen (secondary N) is 2. The Morgan fingerprint density at radius 1 is 0.754 bits per heavy atom. The first-order chi connectivity index (χ1) is 33.4. The minimum absolute atomic E-state index is 0.0923. The molecule has 9 nitrogen and oxygen atoms in total. The number of benzene rings is 4. The Bertz CT molecular complexity index is 2580. The molecular weight excluding hydrogens is 920 g/mol. The van der Waals surface area contributed by atoms with Gasteiger partial charge in [-0.2, -0.15) is 0 Å². The van der Waals surface area contributed by atoms with Gasteiger partial charge in [0.05, 0.1) is 22.2 Å². The van der Waals surface area contributed by atoms with Crippen LogP contribution in [-0.2, 0) is 24.1 Å². The lowest BCUT2D eigenvalue weighted by molar-refractivity contribution is -0.121. The van der Waals surface area contributed by atoms with Crippen molar-refractivity contribution in [2.75, 3.05) is 27.2 Å². The summed E-state index contributed by atoms with van der Waals surface area (Å²) in [6.07, 6.45) is 15.9. The van der Waals surface area contributed by atoms with E-state index >= 15 is 0 Å². The molecule has 2 aliphatic carbocycles. The third kappa shape index (κ3) is 12.6. The molecule has 3 heterocycles. The molecule has 0 bridgehead atoms. The summed E-state index contributed by atoms with van der Waals surface area (Å²) in [7, 11) is 4.42. The second kappa shape index (κ2) is 23.4. The van der Waals surface area contributed by atoms with Crippen LogP contribution in [-0.4, -0.2) is 82.1 Å². The van der Waals surface area contributed by atoms with Gasteiger partial charge >= 0.3 is 0 Å². The predicted octanol–water partition coefficient (Wildman–Crippen LogP) is 12.7. The van der Waals surface area contributed by atoms with Gasteiger partial charge in [-0.05, 0) is 148 Å². The van der Waals surface area contributed by atoms with Crippen molar-refractivity contribution in [3.63, 3.8) is 0 Å². The lowest BCUT2D eigenvalue weighted by Crippen LogP contribution is -2.56. The lowest BCUT2D eigenvalue weighted by atomic mass is 9.73. The molecule has 3 fully saturated rings. The zero-order chi connectivity index (χ0) is 48.4. The Labute approximate surface area is 423 Å². The number of aryl methyl sites for hydroxylation is 3. The Kier molecular flexibility index (Phi) is 17.1. The number of carbonyl (C=O) groups excluding carboxylic acids is 2. The third-order valence-corrected chi connectivity index (χ3v) is 16.8. The number of likely N-dealkylation sites (tertiary alicyclic amines) is 1. The van der Waals surface area contributed by atoms with Gasteiger partial charge in [-0.1, -0.05) is 132 Å². The van der Waals surface area contributed by atoms with Crippen LogP contribution in [0.2, 0.25) is 10.0 Å². The Hall–Kier alpha value is -4.84. The molecule has 6 aromatic rings. The van der Waals surface area contributed by atoms with Crippen LogP contribution in [0, 0.1) is 13.8 Å². The largest absolute Gasteiger partial charge is 0.360 e. The third-order valence-electron chi connectivity index (χ3n) is 15.1. The predicted molar refractivity (Wildman–Crippen MR) is 282 cm³/mol. The van der Waals surface area contributed by atoms with Crippen molar-refractivity contribution in [3.8, 4) is 21.8 Å². The smallest absolute Gasteiger partial charge is 0.257 e. The van der Waals surface area contributed by atoms with Crippen molar-refractivity contribution in [1.82, 2.24) is 30.6 Å². The van der Waals surface area contributed by atoms with Crippen LogP contribution >= 0.6 is 34.5 Å². The van der Waals surface area contributed by atoms with Crippen LogP contribution < -0.4 is 10.6 Å². The highest BCUT2D eigenvalue weighted by atomic mass is 35.5.